The van der Waals surface area contributed by atoms with Crippen LogP contribution in [0.1, 0.15) is 22.8 Å². The Morgan fingerprint density at radius 2 is 1.29 bits per heavy atom. The summed E-state index contributed by atoms with van der Waals surface area (Å²) in [6.45, 7) is 3.94. The average molecular weight is 326 g/mol. The molecule has 0 saturated heterocycles. The van der Waals surface area contributed by atoms with Crippen LogP contribution in [-0.4, -0.2) is 24.4 Å². The van der Waals surface area contributed by atoms with E-state index in [0.29, 0.717) is 16.9 Å². The number of ether oxygens (including phenoxy) is 1. The number of rotatable bonds is 4. The van der Waals surface area contributed by atoms with Gasteiger partial charge in [-0.05, 0) is 50.2 Å². The van der Waals surface area contributed by atoms with Gasteiger partial charge in [-0.3, -0.25) is 9.59 Å². The maximum Gasteiger partial charge on any atom is 0.338 e. The number of carbonyl (C=O) groups is 3. The monoisotopic (exact) mass is 326 g/mol. The van der Waals surface area contributed by atoms with Gasteiger partial charge < -0.3 is 15.4 Å². The first-order valence-corrected chi connectivity index (χ1v) is 7.46. The average Bonchev–Trinajstić information content (AvgIpc) is 2.57. The summed E-state index contributed by atoms with van der Waals surface area (Å²) in [5.41, 5.74) is 2.38. The first-order chi connectivity index (χ1) is 11.5. The minimum Gasteiger partial charge on any atom is -0.462 e. The predicted octanol–water partition coefficient (Wildman–Crippen LogP) is 2.75. The second kappa shape index (κ2) is 7.92. The molecule has 2 rings (SSSR count). The highest BCUT2D eigenvalue weighted by Crippen LogP contribution is 2.12. The van der Waals surface area contributed by atoms with E-state index in [1.807, 2.05) is 19.1 Å². The summed E-state index contributed by atoms with van der Waals surface area (Å²) in [4.78, 5) is 35.3. The zero-order valence-corrected chi connectivity index (χ0v) is 13.5. The third-order valence-electron chi connectivity index (χ3n) is 3.17. The van der Waals surface area contributed by atoms with Crippen LogP contribution in [0.3, 0.4) is 0 Å². The van der Waals surface area contributed by atoms with Crippen molar-refractivity contribution in [2.45, 2.75) is 13.8 Å². The van der Waals surface area contributed by atoms with Gasteiger partial charge in [0.2, 0.25) is 0 Å². The van der Waals surface area contributed by atoms with Crippen LogP contribution in [0.5, 0.6) is 0 Å². The fourth-order valence-corrected chi connectivity index (χ4v) is 1.92. The molecular formula is C18H18N2O4. The molecule has 6 nitrogen and oxygen atoms in total. The standard InChI is InChI=1S/C18H18N2O4/c1-3-24-18(23)13-6-10-15(11-7-13)20-17(22)16(21)19-14-8-4-12(2)5-9-14/h4-11H,3H2,1-2H3,(H,19,21)(H,20,22). The van der Waals surface area contributed by atoms with Crippen molar-refractivity contribution < 1.29 is 19.1 Å². The lowest BCUT2D eigenvalue weighted by Gasteiger charge is -2.07. The number of amides is 2. The highest BCUT2D eigenvalue weighted by atomic mass is 16.5. The van der Waals surface area contributed by atoms with Crippen LogP contribution < -0.4 is 10.6 Å². The zero-order valence-electron chi connectivity index (χ0n) is 13.5. The maximum atomic E-state index is 11.9. The molecule has 6 heteroatoms. The molecule has 124 valence electrons. The lowest BCUT2D eigenvalue weighted by molar-refractivity contribution is -0.132. The van der Waals surface area contributed by atoms with Crippen LogP contribution in [0.25, 0.3) is 0 Å². The van der Waals surface area contributed by atoms with Gasteiger partial charge in [-0.25, -0.2) is 4.79 Å². The van der Waals surface area contributed by atoms with E-state index in [1.165, 1.54) is 24.3 Å². The molecule has 0 spiro atoms. The van der Waals surface area contributed by atoms with Gasteiger partial charge in [0.05, 0.1) is 12.2 Å². The zero-order chi connectivity index (χ0) is 17.5. The second-order valence-corrected chi connectivity index (χ2v) is 5.07. The summed E-state index contributed by atoms with van der Waals surface area (Å²) in [5.74, 6) is -2.00. The Balaban J connectivity index is 1.94. The van der Waals surface area contributed by atoms with Crippen LogP contribution in [0.15, 0.2) is 48.5 Å². The molecule has 2 N–H and O–H groups in total. The molecule has 0 saturated carbocycles. The molecule has 0 bridgehead atoms. The van der Waals surface area contributed by atoms with E-state index >= 15 is 0 Å². The molecule has 2 amide bonds. The molecule has 2 aromatic rings. The Hall–Kier alpha value is -3.15. The molecule has 0 aliphatic heterocycles. The molecule has 0 radical (unpaired) electrons. The number of nitrogens with one attached hydrogen (secondary N) is 2. The lowest BCUT2D eigenvalue weighted by Crippen LogP contribution is -2.29. The van der Waals surface area contributed by atoms with Gasteiger partial charge >= 0.3 is 17.8 Å². The van der Waals surface area contributed by atoms with Crippen molar-refractivity contribution in [3.8, 4) is 0 Å². The molecule has 24 heavy (non-hydrogen) atoms. The SMILES string of the molecule is CCOC(=O)c1ccc(NC(=O)C(=O)Nc2ccc(C)cc2)cc1. The van der Waals surface area contributed by atoms with Gasteiger partial charge in [0.15, 0.2) is 0 Å². The Morgan fingerprint density at radius 1 is 0.833 bits per heavy atom. The summed E-state index contributed by atoms with van der Waals surface area (Å²) in [5, 5.41) is 4.98. The van der Waals surface area contributed by atoms with E-state index in [0.717, 1.165) is 5.56 Å². The third-order valence-corrected chi connectivity index (χ3v) is 3.17. The van der Waals surface area contributed by atoms with Gasteiger partial charge in [0.25, 0.3) is 0 Å². The summed E-state index contributed by atoms with van der Waals surface area (Å²) in [7, 11) is 0. The largest absolute Gasteiger partial charge is 0.462 e. The summed E-state index contributed by atoms with van der Waals surface area (Å²) in [6.07, 6.45) is 0. The van der Waals surface area contributed by atoms with Gasteiger partial charge in [-0.1, -0.05) is 17.7 Å². The quantitative estimate of drug-likeness (QED) is 0.668. The Morgan fingerprint density at radius 3 is 1.75 bits per heavy atom. The van der Waals surface area contributed by atoms with E-state index in [1.54, 1.807) is 19.1 Å². The second-order valence-electron chi connectivity index (χ2n) is 5.07. The van der Waals surface area contributed by atoms with Crippen molar-refractivity contribution >= 4 is 29.2 Å². The van der Waals surface area contributed by atoms with Crippen LogP contribution in [-0.2, 0) is 14.3 Å². The normalized spacial score (nSPS) is 9.92. The molecule has 0 unspecified atom stereocenters. The van der Waals surface area contributed by atoms with E-state index in [-0.39, 0.29) is 6.61 Å². The number of anilines is 2. The van der Waals surface area contributed by atoms with Crippen LogP contribution >= 0.6 is 0 Å². The predicted molar refractivity (Wildman–Crippen MR) is 90.8 cm³/mol. The highest BCUT2D eigenvalue weighted by Gasteiger charge is 2.14. The minimum absolute atomic E-state index is 0.288. The number of aryl methyl sites for hydroxylation is 1. The van der Waals surface area contributed by atoms with Gasteiger partial charge in [-0.2, -0.15) is 0 Å². The maximum absolute atomic E-state index is 11.9. The molecule has 0 atom stereocenters. The molecule has 0 aliphatic rings. The Labute approximate surface area is 139 Å². The molecule has 2 aromatic carbocycles. The van der Waals surface area contributed by atoms with Gasteiger partial charge in [-0.15, -0.1) is 0 Å². The van der Waals surface area contributed by atoms with Gasteiger partial charge in [0.1, 0.15) is 0 Å². The van der Waals surface area contributed by atoms with E-state index in [4.69, 9.17) is 4.74 Å². The smallest absolute Gasteiger partial charge is 0.338 e. The van der Waals surface area contributed by atoms with E-state index < -0.39 is 17.8 Å². The van der Waals surface area contributed by atoms with Crippen molar-refractivity contribution in [1.29, 1.82) is 0 Å². The van der Waals surface area contributed by atoms with Gasteiger partial charge in [0, 0.05) is 11.4 Å². The summed E-state index contributed by atoms with van der Waals surface area (Å²) < 4.78 is 4.87. The first-order valence-electron chi connectivity index (χ1n) is 7.46. The van der Waals surface area contributed by atoms with Crippen LogP contribution in [0.2, 0.25) is 0 Å². The highest BCUT2D eigenvalue weighted by molar-refractivity contribution is 6.43. The number of benzene rings is 2. The number of hydrogen-bond donors (Lipinski definition) is 2. The van der Waals surface area contributed by atoms with Crippen molar-refractivity contribution in [1.82, 2.24) is 0 Å². The van der Waals surface area contributed by atoms with E-state index in [9.17, 15) is 14.4 Å². The molecule has 0 fully saturated rings. The molecular weight excluding hydrogens is 308 g/mol. The fourth-order valence-electron chi connectivity index (χ4n) is 1.92. The van der Waals surface area contributed by atoms with Crippen molar-refractivity contribution in [2.75, 3.05) is 17.2 Å². The lowest BCUT2D eigenvalue weighted by atomic mass is 10.2. The number of esters is 1. The van der Waals surface area contributed by atoms with Crippen molar-refractivity contribution in [2.24, 2.45) is 0 Å². The first kappa shape index (κ1) is 17.2. The van der Waals surface area contributed by atoms with Crippen LogP contribution in [0, 0.1) is 6.92 Å². The Bertz CT molecular complexity index is 737. The minimum atomic E-state index is -0.792. The summed E-state index contributed by atoms with van der Waals surface area (Å²) >= 11 is 0. The van der Waals surface area contributed by atoms with E-state index in [2.05, 4.69) is 10.6 Å². The molecule has 0 aromatic heterocycles. The summed E-state index contributed by atoms with van der Waals surface area (Å²) in [6, 6.07) is 13.2. The van der Waals surface area contributed by atoms with Crippen LogP contribution in [0.4, 0.5) is 11.4 Å². The van der Waals surface area contributed by atoms with Crippen molar-refractivity contribution in [3.05, 3.63) is 59.7 Å². The Kier molecular flexibility index (Phi) is 5.68. The number of carbonyl (C=O) groups excluding carboxylic acids is 3. The topological polar surface area (TPSA) is 84.5 Å². The third kappa shape index (κ3) is 4.67. The number of hydrogen-bond acceptors (Lipinski definition) is 4. The molecule has 0 aliphatic carbocycles. The van der Waals surface area contributed by atoms with Crippen molar-refractivity contribution in [3.63, 3.8) is 0 Å². The fraction of sp³-hybridized carbons (Fsp3) is 0.167. The molecule has 0 heterocycles.